The number of aryl methyl sites for hydroxylation is 1. The normalized spacial score (nSPS) is 18.8. The van der Waals surface area contributed by atoms with Crippen molar-refractivity contribution in [3.05, 3.63) is 22.5 Å². The van der Waals surface area contributed by atoms with Gasteiger partial charge in [-0.25, -0.2) is 14.4 Å². The minimum absolute atomic E-state index is 0.0438. The fourth-order valence-electron chi connectivity index (χ4n) is 1.21. The second-order valence-corrected chi connectivity index (χ2v) is 4.16. The summed E-state index contributed by atoms with van der Waals surface area (Å²) in [6.07, 6.45) is 2.13. The average Bonchev–Trinajstić information content (AvgIpc) is 2.80. The van der Waals surface area contributed by atoms with Gasteiger partial charge in [-0.3, -0.25) is 0 Å². The summed E-state index contributed by atoms with van der Waals surface area (Å²) in [7, 11) is 0. The highest BCUT2D eigenvalue weighted by Gasteiger charge is 2.42. The first-order chi connectivity index (χ1) is 6.03. The number of aromatic nitrogens is 2. The van der Waals surface area contributed by atoms with Gasteiger partial charge in [0.2, 0.25) is 0 Å². The molecule has 1 saturated carbocycles. The second-order valence-electron chi connectivity index (χ2n) is 3.80. The molecule has 1 aliphatic rings. The van der Waals surface area contributed by atoms with E-state index in [0.717, 1.165) is 12.8 Å². The van der Waals surface area contributed by atoms with Crippen molar-refractivity contribution in [2.75, 3.05) is 0 Å². The summed E-state index contributed by atoms with van der Waals surface area (Å²) in [6, 6.07) is 0. The molecule has 2 rings (SSSR count). The lowest BCUT2D eigenvalue weighted by molar-refractivity contribution is 0.585. The minimum atomic E-state index is -0.505. The van der Waals surface area contributed by atoms with E-state index >= 15 is 0 Å². The fraction of sp³-hybridized carbons (Fsp3) is 0.556. The van der Waals surface area contributed by atoms with Crippen molar-refractivity contribution in [2.45, 2.75) is 32.1 Å². The third kappa shape index (κ3) is 1.41. The molecule has 2 nitrogen and oxygen atoms in total. The summed E-state index contributed by atoms with van der Waals surface area (Å²) in [5, 5.41) is -0.0596. The van der Waals surface area contributed by atoms with Crippen LogP contribution >= 0.6 is 11.6 Å². The zero-order valence-electron chi connectivity index (χ0n) is 7.56. The maximum Gasteiger partial charge on any atom is 0.181 e. The molecule has 0 spiro atoms. The highest BCUT2D eigenvalue weighted by Crippen LogP contribution is 2.46. The van der Waals surface area contributed by atoms with E-state index in [9.17, 15) is 4.39 Å². The Morgan fingerprint density at radius 3 is 2.46 bits per heavy atom. The molecule has 1 aromatic heterocycles. The van der Waals surface area contributed by atoms with Crippen LogP contribution in [0.5, 0.6) is 0 Å². The van der Waals surface area contributed by atoms with Crippen molar-refractivity contribution in [3.63, 3.8) is 0 Å². The van der Waals surface area contributed by atoms with Gasteiger partial charge in [0.1, 0.15) is 5.82 Å². The van der Waals surface area contributed by atoms with Crippen LogP contribution in [-0.2, 0) is 5.41 Å². The molecule has 1 fully saturated rings. The van der Waals surface area contributed by atoms with Crippen LogP contribution in [0.2, 0.25) is 5.15 Å². The van der Waals surface area contributed by atoms with Crippen molar-refractivity contribution in [2.24, 2.45) is 0 Å². The van der Waals surface area contributed by atoms with Gasteiger partial charge >= 0.3 is 0 Å². The zero-order chi connectivity index (χ0) is 9.64. The van der Waals surface area contributed by atoms with Crippen molar-refractivity contribution in [1.82, 2.24) is 9.97 Å². The second kappa shape index (κ2) is 2.64. The molecule has 1 heterocycles. The number of halogens is 2. The Bertz CT molecular complexity index is 338. The van der Waals surface area contributed by atoms with Gasteiger partial charge in [-0.05, 0) is 19.8 Å². The summed E-state index contributed by atoms with van der Waals surface area (Å²) < 4.78 is 13.1. The van der Waals surface area contributed by atoms with Gasteiger partial charge in [-0.15, -0.1) is 0 Å². The lowest BCUT2D eigenvalue weighted by Gasteiger charge is -2.08. The third-order valence-corrected chi connectivity index (χ3v) is 2.77. The number of nitrogens with zero attached hydrogens (tertiary/aromatic N) is 2. The minimum Gasteiger partial charge on any atom is -0.234 e. The quantitative estimate of drug-likeness (QED) is 0.652. The van der Waals surface area contributed by atoms with E-state index < -0.39 is 5.82 Å². The van der Waals surface area contributed by atoms with Gasteiger partial charge in [0.05, 0.1) is 5.69 Å². The molecule has 0 saturated heterocycles. The molecule has 0 aromatic carbocycles. The number of hydrogen-bond donors (Lipinski definition) is 0. The van der Waals surface area contributed by atoms with Gasteiger partial charge in [0.15, 0.2) is 11.0 Å². The van der Waals surface area contributed by atoms with Crippen molar-refractivity contribution < 1.29 is 4.39 Å². The van der Waals surface area contributed by atoms with E-state index in [-0.39, 0.29) is 10.6 Å². The Labute approximate surface area is 81.2 Å². The van der Waals surface area contributed by atoms with E-state index in [4.69, 9.17) is 11.6 Å². The van der Waals surface area contributed by atoms with Crippen molar-refractivity contribution >= 4 is 11.6 Å². The molecule has 70 valence electrons. The molecular formula is C9H10ClFN2. The average molecular weight is 201 g/mol. The molecule has 13 heavy (non-hydrogen) atoms. The molecule has 0 radical (unpaired) electrons. The largest absolute Gasteiger partial charge is 0.234 e. The molecule has 1 aliphatic carbocycles. The first kappa shape index (κ1) is 8.88. The van der Waals surface area contributed by atoms with Crippen molar-refractivity contribution in [3.8, 4) is 0 Å². The number of hydrogen-bond acceptors (Lipinski definition) is 2. The monoisotopic (exact) mass is 200 g/mol. The highest BCUT2D eigenvalue weighted by molar-refractivity contribution is 6.29. The van der Waals surface area contributed by atoms with Gasteiger partial charge < -0.3 is 0 Å². The van der Waals surface area contributed by atoms with E-state index in [1.54, 1.807) is 6.92 Å². The Morgan fingerprint density at radius 1 is 1.38 bits per heavy atom. The predicted octanol–water partition coefficient (Wildman–Crippen LogP) is 2.63. The van der Waals surface area contributed by atoms with Crippen LogP contribution in [0.4, 0.5) is 4.39 Å². The van der Waals surface area contributed by atoms with Crippen LogP contribution in [0.15, 0.2) is 0 Å². The Balaban J connectivity index is 2.50. The first-order valence-electron chi connectivity index (χ1n) is 4.23. The molecule has 0 aliphatic heterocycles. The summed E-state index contributed by atoms with van der Waals surface area (Å²) in [6.45, 7) is 3.67. The smallest absolute Gasteiger partial charge is 0.181 e. The summed E-state index contributed by atoms with van der Waals surface area (Å²) >= 11 is 5.63. The van der Waals surface area contributed by atoms with Crippen LogP contribution in [0.25, 0.3) is 0 Å². The summed E-state index contributed by atoms with van der Waals surface area (Å²) in [5.74, 6) is 0.172. The Kier molecular flexibility index (Phi) is 1.80. The third-order valence-electron chi connectivity index (χ3n) is 2.52. The van der Waals surface area contributed by atoms with Gasteiger partial charge in [-0.2, -0.15) is 0 Å². The predicted molar refractivity (Wildman–Crippen MR) is 48.3 cm³/mol. The molecule has 1 aromatic rings. The molecule has 0 unspecified atom stereocenters. The molecule has 0 atom stereocenters. The van der Waals surface area contributed by atoms with Gasteiger partial charge in [-0.1, -0.05) is 18.5 Å². The molecule has 0 N–H and O–H groups in total. The van der Waals surface area contributed by atoms with Crippen LogP contribution in [0, 0.1) is 12.7 Å². The Morgan fingerprint density at radius 2 is 2.00 bits per heavy atom. The van der Waals surface area contributed by atoms with Crippen LogP contribution in [0.1, 0.15) is 31.3 Å². The Hall–Kier alpha value is -0.700. The lowest BCUT2D eigenvalue weighted by atomic mass is 10.1. The van der Waals surface area contributed by atoms with E-state index in [0.29, 0.717) is 11.5 Å². The van der Waals surface area contributed by atoms with Crippen LogP contribution in [-0.4, -0.2) is 9.97 Å². The van der Waals surface area contributed by atoms with E-state index in [1.807, 2.05) is 0 Å². The summed E-state index contributed by atoms with van der Waals surface area (Å²) in [4.78, 5) is 8.04. The van der Waals surface area contributed by atoms with Crippen LogP contribution < -0.4 is 0 Å². The zero-order valence-corrected chi connectivity index (χ0v) is 8.32. The number of rotatable bonds is 1. The van der Waals surface area contributed by atoms with Crippen LogP contribution in [0.3, 0.4) is 0 Å². The molecular weight excluding hydrogens is 191 g/mol. The van der Waals surface area contributed by atoms with Crippen molar-refractivity contribution in [1.29, 1.82) is 0 Å². The first-order valence-corrected chi connectivity index (χ1v) is 4.61. The SMILES string of the molecule is Cc1nc(C2(C)CC2)nc(Cl)c1F. The summed E-state index contributed by atoms with van der Waals surface area (Å²) in [5.41, 5.74) is 0.380. The topological polar surface area (TPSA) is 25.8 Å². The molecule has 0 bridgehead atoms. The highest BCUT2D eigenvalue weighted by atomic mass is 35.5. The molecule has 4 heteroatoms. The molecule has 0 amide bonds. The van der Waals surface area contributed by atoms with E-state index in [2.05, 4.69) is 16.9 Å². The standard InChI is InChI=1S/C9H10ClFN2/c1-5-6(11)7(10)13-8(12-5)9(2)3-4-9/h3-4H2,1-2H3. The lowest BCUT2D eigenvalue weighted by Crippen LogP contribution is -2.09. The fourth-order valence-corrected chi connectivity index (χ4v) is 1.42. The maximum atomic E-state index is 13.1. The van der Waals surface area contributed by atoms with Gasteiger partial charge in [0.25, 0.3) is 0 Å². The van der Waals surface area contributed by atoms with E-state index in [1.165, 1.54) is 0 Å². The van der Waals surface area contributed by atoms with Gasteiger partial charge in [0, 0.05) is 5.41 Å². The maximum absolute atomic E-state index is 13.1.